The number of pyridine rings is 1. The van der Waals surface area contributed by atoms with E-state index in [9.17, 15) is 9.59 Å². The van der Waals surface area contributed by atoms with Crippen LogP contribution in [0.2, 0.25) is 0 Å². The van der Waals surface area contributed by atoms with Crippen molar-refractivity contribution in [2.45, 2.75) is 44.8 Å². The van der Waals surface area contributed by atoms with Crippen LogP contribution in [0.5, 0.6) is 0 Å². The third kappa shape index (κ3) is 4.05. The fourth-order valence-electron chi connectivity index (χ4n) is 4.62. The highest BCUT2D eigenvalue weighted by atomic mass is 16.5. The fourth-order valence-corrected chi connectivity index (χ4v) is 4.62. The predicted molar refractivity (Wildman–Crippen MR) is 117 cm³/mol. The zero-order valence-electron chi connectivity index (χ0n) is 17.3. The molecule has 0 radical (unpaired) electrons. The van der Waals surface area contributed by atoms with Crippen molar-refractivity contribution >= 4 is 11.6 Å². The lowest BCUT2D eigenvalue weighted by Crippen LogP contribution is -2.30. The summed E-state index contributed by atoms with van der Waals surface area (Å²) < 4.78 is 7.85. The number of hydrogen-bond acceptors (Lipinski definition) is 4. The second-order valence-electron chi connectivity index (χ2n) is 8.30. The summed E-state index contributed by atoms with van der Waals surface area (Å²) in [6.45, 7) is 1.11. The third-order valence-corrected chi connectivity index (χ3v) is 6.24. The van der Waals surface area contributed by atoms with Crippen LogP contribution in [0.25, 0.3) is 0 Å². The lowest BCUT2D eigenvalue weighted by atomic mass is 9.95. The Balaban J connectivity index is 1.35. The van der Waals surface area contributed by atoms with Crippen LogP contribution < -0.4 is 10.9 Å². The topological polar surface area (TPSA) is 89.0 Å². The Hall–Kier alpha value is -3.19. The molecule has 3 aromatic rings. The zero-order valence-corrected chi connectivity index (χ0v) is 17.3. The minimum Gasteiger partial charge on any atom is -0.371 e. The summed E-state index contributed by atoms with van der Waals surface area (Å²) in [6, 6.07) is 13.8. The van der Waals surface area contributed by atoms with Crippen LogP contribution in [0.15, 0.2) is 53.5 Å². The van der Waals surface area contributed by atoms with Crippen molar-refractivity contribution in [2.24, 2.45) is 5.92 Å². The van der Waals surface area contributed by atoms with Gasteiger partial charge in [0.05, 0.1) is 18.2 Å². The van der Waals surface area contributed by atoms with E-state index in [0.717, 1.165) is 48.2 Å². The molecule has 0 spiro atoms. The first-order chi connectivity index (χ1) is 15.2. The van der Waals surface area contributed by atoms with Gasteiger partial charge in [-0.25, -0.2) is 0 Å². The average Bonchev–Trinajstić information content (AvgIpc) is 3.44. The molecule has 1 fully saturated rings. The highest BCUT2D eigenvalue weighted by Crippen LogP contribution is 2.35. The quantitative estimate of drug-likeness (QED) is 0.666. The molecule has 1 amide bonds. The Bertz CT molecular complexity index is 1140. The molecule has 2 aromatic heterocycles. The molecule has 2 atom stereocenters. The Morgan fingerprint density at radius 2 is 2.03 bits per heavy atom. The van der Waals surface area contributed by atoms with Gasteiger partial charge < -0.3 is 15.0 Å². The van der Waals surface area contributed by atoms with E-state index in [2.05, 4.69) is 15.4 Å². The summed E-state index contributed by atoms with van der Waals surface area (Å²) in [5.41, 5.74) is 4.23. The van der Waals surface area contributed by atoms with Gasteiger partial charge in [-0.2, -0.15) is 5.10 Å². The molecule has 0 bridgehead atoms. The Morgan fingerprint density at radius 3 is 2.90 bits per heavy atom. The first-order valence-corrected chi connectivity index (χ1v) is 10.9. The summed E-state index contributed by atoms with van der Waals surface area (Å²) in [4.78, 5) is 28.6. The Morgan fingerprint density at radius 1 is 1.19 bits per heavy atom. The first kappa shape index (κ1) is 19.8. The molecule has 7 heteroatoms. The second-order valence-corrected chi connectivity index (χ2v) is 8.30. The highest BCUT2D eigenvalue weighted by molar-refractivity contribution is 5.93. The number of carbonyl (C=O) groups is 1. The van der Waals surface area contributed by atoms with Crippen molar-refractivity contribution in [3.05, 3.63) is 81.5 Å². The molecular formula is C24H26N4O3. The molecule has 7 nitrogen and oxygen atoms in total. The van der Waals surface area contributed by atoms with Gasteiger partial charge in [-0.3, -0.25) is 14.3 Å². The van der Waals surface area contributed by atoms with E-state index < -0.39 is 0 Å². The van der Waals surface area contributed by atoms with Crippen LogP contribution in [0.1, 0.15) is 47.9 Å². The smallest absolute Gasteiger partial charge is 0.271 e. The summed E-state index contributed by atoms with van der Waals surface area (Å²) in [6.07, 6.45) is 5.98. The summed E-state index contributed by atoms with van der Waals surface area (Å²) in [5.74, 6) is -0.558. The van der Waals surface area contributed by atoms with Crippen molar-refractivity contribution in [2.75, 3.05) is 11.9 Å². The molecule has 1 saturated heterocycles. The van der Waals surface area contributed by atoms with E-state index in [1.165, 1.54) is 0 Å². The standard InChI is InChI=1S/C24H26N4O3/c29-23(27-20-14-17-8-4-5-9-19(17)26-24(20)30)18-11-13-31-22(18)21-10-12-25-28(21)15-16-6-2-1-3-7-16/h1-3,6-7,10,12,14,18,22H,4-5,8-9,11,13,15H2,(H,26,30)(H,27,29)/t18-,22-/m1/s1. The van der Waals surface area contributed by atoms with Crippen LogP contribution in [0, 0.1) is 5.92 Å². The summed E-state index contributed by atoms with van der Waals surface area (Å²) >= 11 is 0. The van der Waals surface area contributed by atoms with Crippen molar-refractivity contribution in [1.82, 2.24) is 14.8 Å². The molecule has 3 heterocycles. The van der Waals surface area contributed by atoms with Crippen molar-refractivity contribution < 1.29 is 9.53 Å². The largest absolute Gasteiger partial charge is 0.371 e. The third-order valence-electron chi connectivity index (χ3n) is 6.24. The van der Waals surface area contributed by atoms with Gasteiger partial charge in [0.25, 0.3) is 5.56 Å². The number of benzene rings is 1. The minimum absolute atomic E-state index is 0.184. The number of carbonyl (C=O) groups excluding carboxylic acids is 1. The average molecular weight is 418 g/mol. The van der Waals surface area contributed by atoms with Gasteiger partial charge in [-0.1, -0.05) is 30.3 Å². The summed E-state index contributed by atoms with van der Waals surface area (Å²) in [7, 11) is 0. The molecule has 0 saturated carbocycles. The zero-order chi connectivity index (χ0) is 21.2. The van der Waals surface area contributed by atoms with E-state index >= 15 is 0 Å². The van der Waals surface area contributed by atoms with Gasteiger partial charge in [-0.05, 0) is 55.4 Å². The normalized spacial score (nSPS) is 20.4. The molecule has 1 aliphatic heterocycles. The van der Waals surface area contributed by atoms with Gasteiger partial charge >= 0.3 is 0 Å². The van der Waals surface area contributed by atoms with Crippen LogP contribution in [0.4, 0.5) is 5.69 Å². The molecular weight excluding hydrogens is 392 g/mol. The molecule has 31 heavy (non-hydrogen) atoms. The van der Waals surface area contributed by atoms with Gasteiger partial charge in [0, 0.05) is 18.5 Å². The maximum atomic E-state index is 13.1. The SMILES string of the molecule is O=C(Nc1cc2c([nH]c1=O)CCCC2)[C@@H]1CCO[C@H]1c1ccnn1Cc1ccccc1. The maximum Gasteiger partial charge on any atom is 0.271 e. The van der Waals surface area contributed by atoms with Gasteiger partial charge in [-0.15, -0.1) is 0 Å². The molecule has 2 N–H and O–H groups in total. The monoisotopic (exact) mass is 418 g/mol. The number of aromatic amines is 1. The number of hydrogen-bond donors (Lipinski definition) is 2. The predicted octanol–water partition coefficient (Wildman–Crippen LogP) is 3.21. The Kier molecular flexibility index (Phi) is 5.42. The summed E-state index contributed by atoms with van der Waals surface area (Å²) in [5, 5.41) is 7.32. The van der Waals surface area contributed by atoms with Crippen LogP contribution in [0.3, 0.4) is 0 Å². The number of nitrogens with zero attached hydrogens (tertiary/aromatic N) is 2. The van der Waals surface area contributed by atoms with Gasteiger partial charge in [0.15, 0.2) is 0 Å². The fraction of sp³-hybridized carbons (Fsp3) is 0.375. The minimum atomic E-state index is -0.386. The number of aryl methyl sites for hydroxylation is 2. The number of ether oxygens (including phenoxy) is 1. The van der Waals surface area contributed by atoms with E-state index in [4.69, 9.17) is 4.74 Å². The van der Waals surface area contributed by atoms with Crippen LogP contribution >= 0.6 is 0 Å². The molecule has 160 valence electrons. The first-order valence-electron chi connectivity index (χ1n) is 10.9. The number of anilines is 1. The lowest BCUT2D eigenvalue weighted by Gasteiger charge is -2.20. The second kappa shape index (κ2) is 8.51. The Labute approximate surface area is 180 Å². The van der Waals surface area contributed by atoms with Gasteiger partial charge in [0.2, 0.25) is 5.91 Å². The number of rotatable bonds is 5. The van der Waals surface area contributed by atoms with Crippen molar-refractivity contribution in [3.63, 3.8) is 0 Å². The van der Waals surface area contributed by atoms with Crippen molar-refractivity contribution in [3.8, 4) is 0 Å². The molecule has 1 aliphatic carbocycles. The number of aromatic nitrogens is 3. The highest BCUT2D eigenvalue weighted by Gasteiger charge is 2.37. The maximum absolute atomic E-state index is 13.1. The van der Waals surface area contributed by atoms with Gasteiger partial charge in [0.1, 0.15) is 11.8 Å². The van der Waals surface area contributed by atoms with E-state index in [1.54, 1.807) is 6.20 Å². The van der Waals surface area contributed by atoms with Crippen LogP contribution in [-0.2, 0) is 28.9 Å². The number of nitrogens with one attached hydrogen (secondary N) is 2. The molecule has 1 aromatic carbocycles. The molecule has 0 unspecified atom stereocenters. The van der Waals surface area contributed by atoms with Crippen LogP contribution in [-0.4, -0.2) is 27.3 Å². The number of amides is 1. The molecule has 2 aliphatic rings. The number of H-pyrrole nitrogens is 1. The molecule has 5 rings (SSSR count). The van der Waals surface area contributed by atoms with E-state index in [0.29, 0.717) is 25.3 Å². The van der Waals surface area contributed by atoms with E-state index in [1.807, 2.05) is 47.1 Å². The number of fused-ring (bicyclic) bond motifs is 1. The van der Waals surface area contributed by atoms with Crippen molar-refractivity contribution in [1.29, 1.82) is 0 Å². The van der Waals surface area contributed by atoms with E-state index in [-0.39, 0.29) is 23.5 Å². The lowest BCUT2D eigenvalue weighted by molar-refractivity contribution is -0.121.